The Hall–Kier alpha value is -1.63. The second-order valence-electron chi connectivity index (χ2n) is 5.17. The van der Waals surface area contributed by atoms with Crippen molar-refractivity contribution in [3.63, 3.8) is 0 Å². The molecule has 2 bridgehead atoms. The Balaban J connectivity index is 1.65. The van der Waals surface area contributed by atoms with E-state index in [2.05, 4.69) is 5.16 Å². The molecule has 3 aliphatic rings. The summed E-state index contributed by atoms with van der Waals surface area (Å²) in [7, 11) is 1.62. The van der Waals surface area contributed by atoms with Crippen LogP contribution in [0.3, 0.4) is 0 Å². The molecule has 20 heavy (non-hydrogen) atoms. The van der Waals surface area contributed by atoms with Gasteiger partial charge in [0.15, 0.2) is 12.4 Å². The number of benzene rings is 1. The molecule has 3 aliphatic heterocycles. The predicted molar refractivity (Wildman–Crippen MR) is 68.5 cm³/mol. The molecule has 1 aromatic carbocycles. The van der Waals surface area contributed by atoms with Crippen LogP contribution in [-0.2, 0) is 14.3 Å². The molecule has 3 heterocycles. The minimum absolute atomic E-state index is 0.159. The molecule has 4 rings (SSSR count). The van der Waals surface area contributed by atoms with Gasteiger partial charge in [0, 0.05) is 5.56 Å². The number of fused-ring (bicyclic) bond motifs is 4. The number of aliphatic hydroxyl groups is 1. The minimum Gasteiger partial charge on any atom is -0.497 e. The average molecular weight is 277 g/mol. The standard InChI is InChI=1S/C14H15NO5/c1-17-8-4-2-7(3-5-8)11-10-12(16)14-18-6-9(19-14)13(10)20-15-11/h2-5,9-10,12-14,16H,6H2,1H3/t9-,10-,12+,13+,14-/m0/s1. The number of oxime groups is 1. The summed E-state index contributed by atoms with van der Waals surface area (Å²) < 4.78 is 16.1. The van der Waals surface area contributed by atoms with E-state index in [-0.39, 0.29) is 18.1 Å². The fourth-order valence-electron chi connectivity index (χ4n) is 3.02. The van der Waals surface area contributed by atoms with Crippen LogP contribution in [0.15, 0.2) is 29.4 Å². The number of nitrogens with zero attached hydrogens (tertiary/aromatic N) is 1. The lowest BCUT2D eigenvalue weighted by Gasteiger charge is -2.32. The molecule has 2 fully saturated rings. The molecule has 5 atom stereocenters. The zero-order chi connectivity index (χ0) is 13.7. The molecule has 6 nitrogen and oxygen atoms in total. The van der Waals surface area contributed by atoms with Gasteiger partial charge in [-0.1, -0.05) is 5.16 Å². The van der Waals surface area contributed by atoms with Crippen LogP contribution < -0.4 is 4.74 Å². The maximum atomic E-state index is 10.4. The first-order valence-electron chi connectivity index (χ1n) is 6.61. The lowest BCUT2D eigenvalue weighted by molar-refractivity contribution is -0.197. The van der Waals surface area contributed by atoms with E-state index in [1.54, 1.807) is 7.11 Å². The molecule has 0 spiro atoms. The molecule has 0 aliphatic carbocycles. The summed E-state index contributed by atoms with van der Waals surface area (Å²) in [4.78, 5) is 5.47. The number of ether oxygens (including phenoxy) is 3. The lowest BCUT2D eigenvalue weighted by Crippen LogP contribution is -2.51. The molecule has 2 saturated heterocycles. The van der Waals surface area contributed by atoms with Crippen molar-refractivity contribution in [2.75, 3.05) is 13.7 Å². The molecule has 0 saturated carbocycles. The van der Waals surface area contributed by atoms with Gasteiger partial charge in [0.2, 0.25) is 0 Å². The van der Waals surface area contributed by atoms with E-state index in [9.17, 15) is 5.11 Å². The Morgan fingerprint density at radius 2 is 2.10 bits per heavy atom. The third-order valence-electron chi connectivity index (χ3n) is 4.08. The highest BCUT2D eigenvalue weighted by molar-refractivity contribution is 6.03. The SMILES string of the molecule is COc1ccc(C2=NO[C@H]3[C@@H]2[C@@H](O)[C@H]2OC[C@@H]3O2)cc1. The van der Waals surface area contributed by atoms with Crippen LogP contribution in [0.2, 0.25) is 0 Å². The first kappa shape index (κ1) is 12.1. The van der Waals surface area contributed by atoms with Crippen LogP contribution in [0.5, 0.6) is 5.75 Å². The van der Waals surface area contributed by atoms with Crippen molar-refractivity contribution in [1.29, 1.82) is 0 Å². The van der Waals surface area contributed by atoms with Gasteiger partial charge in [-0.15, -0.1) is 0 Å². The first-order chi connectivity index (χ1) is 9.78. The topological polar surface area (TPSA) is 69.5 Å². The van der Waals surface area contributed by atoms with E-state index >= 15 is 0 Å². The van der Waals surface area contributed by atoms with E-state index < -0.39 is 12.4 Å². The maximum Gasteiger partial charge on any atom is 0.184 e. The fraction of sp³-hybridized carbons (Fsp3) is 0.500. The molecule has 1 N–H and O–H groups in total. The monoisotopic (exact) mass is 277 g/mol. The third kappa shape index (κ3) is 1.65. The Morgan fingerprint density at radius 3 is 2.85 bits per heavy atom. The molecular formula is C14H15NO5. The summed E-state index contributed by atoms with van der Waals surface area (Å²) in [6.07, 6.45) is -1.78. The van der Waals surface area contributed by atoms with Crippen LogP contribution in [0.25, 0.3) is 0 Å². The zero-order valence-corrected chi connectivity index (χ0v) is 10.9. The van der Waals surface area contributed by atoms with Gasteiger partial charge < -0.3 is 24.2 Å². The summed E-state index contributed by atoms with van der Waals surface area (Å²) >= 11 is 0. The molecule has 106 valence electrons. The highest BCUT2D eigenvalue weighted by Crippen LogP contribution is 2.39. The van der Waals surface area contributed by atoms with Crippen molar-refractivity contribution in [3.8, 4) is 5.75 Å². The highest BCUT2D eigenvalue weighted by atomic mass is 16.8. The molecule has 0 aromatic heterocycles. The number of hydrogen-bond donors (Lipinski definition) is 1. The normalized spacial score (nSPS) is 38.1. The number of methoxy groups -OCH3 is 1. The molecule has 6 heteroatoms. The van der Waals surface area contributed by atoms with E-state index in [1.165, 1.54) is 0 Å². The van der Waals surface area contributed by atoms with E-state index in [1.807, 2.05) is 24.3 Å². The molecule has 0 radical (unpaired) electrons. The van der Waals surface area contributed by atoms with E-state index in [4.69, 9.17) is 19.0 Å². The fourth-order valence-corrected chi connectivity index (χ4v) is 3.02. The lowest BCUT2D eigenvalue weighted by atomic mass is 9.84. The second kappa shape index (κ2) is 4.44. The van der Waals surface area contributed by atoms with Gasteiger partial charge in [-0.25, -0.2) is 0 Å². The number of rotatable bonds is 2. The summed E-state index contributed by atoms with van der Waals surface area (Å²) in [5, 5.41) is 14.5. The number of hydrogen-bond acceptors (Lipinski definition) is 6. The van der Waals surface area contributed by atoms with Crippen molar-refractivity contribution in [2.24, 2.45) is 11.1 Å². The third-order valence-corrected chi connectivity index (χ3v) is 4.08. The van der Waals surface area contributed by atoms with Gasteiger partial charge in [0.25, 0.3) is 0 Å². The van der Waals surface area contributed by atoms with Gasteiger partial charge in [0.1, 0.15) is 18.0 Å². The second-order valence-corrected chi connectivity index (χ2v) is 5.17. The average Bonchev–Trinajstić information content (AvgIpc) is 3.11. The zero-order valence-electron chi connectivity index (χ0n) is 10.9. The van der Waals surface area contributed by atoms with Crippen molar-refractivity contribution >= 4 is 5.71 Å². The predicted octanol–water partition coefficient (Wildman–Crippen LogP) is 0.530. The number of aliphatic hydroxyl groups excluding tert-OH is 1. The van der Waals surface area contributed by atoms with Gasteiger partial charge in [-0.3, -0.25) is 0 Å². The van der Waals surface area contributed by atoms with Crippen LogP contribution in [0, 0.1) is 5.92 Å². The van der Waals surface area contributed by atoms with Crippen molar-refractivity contribution in [3.05, 3.63) is 29.8 Å². The van der Waals surface area contributed by atoms with E-state index in [0.29, 0.717) is 6.61 Å². The smallest absolute Gasteiger partial charge is 0.184 e. The van der Waals surface area contributed by atoms with Gasteiger partial charge in [-0.2, -0.15) is 0 Å². The van der Waals surface area contributed by atoms with Crippen molar-refractivity contribution in [1.82, 2.24) is 0 Å². The Labute approximate surface area is 115 Å². The Morgan fingerprint density at radius 1 is 1.30 bits per heavy atom. The van der Waals surface area contributed by atoms with E-state index in [0.717, 1.165) is 17.0 Å². The first-order valence-corrected chi connectivity index (χ1v) is 6.61. The summed E-state index contributed by atoms with van der Waals surface area (Å²) in [5.74, 6) is 0.565. The van der Waals surface area contributed by atoms with Crippen LogP contribution in [0.1, 0.15) is 5.56 Å². The highest BCUT2D eigenvalue weighted by Gasteiger charge is 2.56. The van der Waals surface area contributed by atoms with Crippen LogP contribution >= 0.6 is 0 Å². The van der Waals surface area contributed by atoms with Crippen molar-refractivity contribution < 1.29 is 24.2 Å². The quantitative estimate of drug-likeness (QED) is 0.854. The Bertz CT molecular complexity index is 543. The summed E-state index contributed by atoms with van der Waals surface area (Å²) in [5.41, 5.74) is 1.66. The molecule has 1 aromatic rings. The van der Waals surface area contributed by atoms with Gasteiger partial charge in [-0.05, 0) is 24.3 Å². The van der Waals surface area contributed by atoms with Gasteiger partial charge >= 0.3 is 0 Å². The minimum atomic E-state index is -0.762. The van der Waals surface area contributed by atoms with Crippen LogP contribution in [0.4, 0.5) is 0 Å². The summed E-state index contributed by atoms with van der Waals surface area (Å²) in [6, 6.07) is 7.55. The molecular weight excluding hydrogens is 262 g/mol. The Kier molecular flexibility index (Phi) is 2.70. The maximum absolute atomic E-state index is 10.4. The molecule has 0 unspecified atom stereocenters. The largest absolute Gasteiger partial charge is 0.497 e. The molecule has 0 amide bonds. The summed E-state index contributed by atoms with van der Waals surface area (Å²) in [6.45, 7) is 0.439. The van der Waals surface area contributed by atoms with Gasteiger partial charge in [0.05, 0.1) is 25.3 Å². The van der Waals surface area contributed by atoms with Crippen molar-refractivity contribution in [2.45, 2.75) is 24.6 Å². The van der Waals surface area contributed by atoms with Crippen LogP contribution in [-0.4, -0.2) is 49.1 Å².